The Balaban J connectivity index is 1.88. The molecule has 0 aliphatic carbocycles. The molecular formula is C15H24N2O3. The number of aromatic nitrogens is 1. The number of ether oxygens (including phenoxy) is 3. The van der Waals surface area contributed by atoms with E-state index in [0.29, 0.717) is 25.6 Å². The quantitative estimate of drug-likeness (QED) is 0.895. The van der Waals surface area contributed by atoms with Crippen LogP contribution >= 0.6 is 0 Å². The fraction of sp³-hybridized carbons (Fsp3) is 0.667. The number of nitrogens with zero attached hydrogens (tertiary/aromatic N) is 1. The van der Waals surface area contributed by atoms with Crippen LogP contribution in [0.3, 0.4) is 0 Å². The molecule has 1 aromatic rings. The minimum atomic E-state index is -0.474. The molecule has 2 rings (SSSR count). The normalized spacial score (nSPS) is 19.2. The second-order valence-corrected chi connectivity index (χ2v) is 5.73. The molecule has 2 heterocycles. The summed E-state index contributed by atoms with van der Waals surface area (Å²) in [5, 5.41) is 3.42. The van der Waals surface area contributed by atoms with Gasteiger partial charge in [-0.1, -0.05) is 6.07 Å². The molecule has 1 fully saturated rings. The average molecular weight is 280 g/mol. The maximum Gasteiger partial charge on any atom is 0.218 e. The van der Waals surface area contributed by atoms with Crippen molar-refractivity contribution in [1.29, 1.82) is 0 Å². The lowest BCUT2D eigenvalue weighted by molar-refractivity contribution is -0.253. The molecule has 0 radical (unpaired) electrons. The summed E-state index contributed by atoms with van der Waals surface area (Å²) >= 11 is 0. The monoisotopic (exact) mass is 280 g/mol. The second-order valence-electron chi connectivity index (χ2n) is 5.73. The van der Waals surface area contributed by atoms with Crippen molar-refractivity contribution >= 4 is 0 Å². The predicted molar refractivity (Wildman–Crippen MR) is 76.6 cm³/mol. The van der Waals surface area contributed by atoms with Crippen LogP contribution in [-0.2, 0) is 16.0 Å². The van der Waals surface area contributed by atoms with Gasteiger partial charge in [0.15, 0.2) is 5.79 Å². The third kappa shape index (κ3) is 4.44. The molecule has 1 N–H and O–H groups in total. The molecule has 0 bridgehead atoms. The van der Waals surface area contributed by atoms with Crippen molar-refractivity contribution in [2.45, 2.75) is 52.2 Å². The van der Waals surface area contributed by atoms with E-state index >= 15 is 0 Å². The first-order valence-corrected chi connectivity index (χ1v) is 7.08. The Hall–Kier alpha value is -1.17. The molecule has 0 unspecified atom stereocenters. The van der Waals surface area contributed by atoms with Gasteiger partial charge < -0.3 is 19.5 Å². The van der Waals surface area contributed by atoms with Crippen LogP contribution in [-0.4, -0.2) is 36.1 Å². The molecule has 1 aromatic heterocycles. The van der Waals surface area contributed by atoms with Crippen LogP contribution < -0.4 is 10.1 Å². The lowest BCUT2D eigenvalue weighted by Crippen LogP contribution is -2.48. The smallest absolute Gasteiger partial charge is 0.218 e. The molecule has 1 aliphatic rings. The van der Waals surface area contributed by atoms with Gasteiger partial charge in [0.25, 0.3) is 0 Å². The maximum atomic E-state index is 5.70. The topological polar surface area (TPSA) is 52.6 Å². The van der Waals surface area contributed by atoms with Crippen molar-refractivity contribution in [1.82, 2.24) is 10.3 Å². The number of rotatable bonds is 5. The van der Waals surface area contributed by atoms with E-state index in [1.165, 1.54) is 0 Å². The molecule has 1 saturated heterocycles. The number of nitrogens with one attached hydrogen (secondary N) is 1. The molecule has 5 nitrogen and oxygen atoms in total. The Bertz CT molecular complexity index is 425. The highest BCUT2D eigenvalue weighted by Gasteiger charge is 2.28. The highest BCUT2D eigenvalue weighted by atomic mass is 16.7. The zero-order valence-corrected chi connectivity index (χ0v) is 12.7. The van der Waals surface area contributed by atoms with Crippen LogP contribution in [0.1, 0.15) is 33.3 Å². The van der Waals surface area contributed by atoms with E-state index in [1.807, 2.05) is 39.8 Å². The summed E-state index contributed by atoms with van der Waals surface area (Å²) in [7, 11) is 0. The number of hydrogen-bond acceptors (Lipinski definition) is 5. The molecule has 1 aliphatic heterocycles. The summed E-state index contributed by atoms with van der Waals surface area (Å²) in [6.07, 6.45) is 1.86. The van der Waals surface area contributed by atoms with Gasteiger partial charge >= 0.3 is 0 Å². The van der Waals surface area contributed by atoms with E-state index in [0.717, 1.165) is 5.56 Å². The Morgan fingerprint density at radius 3 is 2.75 bits per heavy atom. The first-order chi connectivity index (χ1) is 9.46. The lowest BCUT2D eigenvalue weighted by atomic mass is 10.2. The van der Waals surface area contributed by atoms with Gasteiger partial charge in [0.2, 0.25) is 5.88 Å². The van der Waals surface area contributed by atoms with Crippen molar-refractivity contribution in [2.75, 3.05) is 13.2 Å². The van der Waals surface area contributed by atoms with Crippen molar-refractivity contribution in [2.24, 2.45) is 0 Å². The van der Waals surface area contributed by atoms with Crippen molar-refractivity contribution in [3.63, 3.8) is 0 Å². The van der Waals surface area contributed by atoms with E-state index in [4.69, 9.17) is 14.2 Å². The zero-order chi connectivity index (χ0) is 14.6. The first kappa shape index (κ1) is 15.2. The van der Waals surface area contributed by atoms with Gasteiger partial charge in [-0.3, -0.25) is 0 Å². The highest BCUT2D eigenvalue weighted by molar-refractivity contribution is 5.25. The Labute approximate surface area is 120 Å². The molecule has 112 valence electrons. The third-order valence-corrected chi connectivity index (χ3v) is 3.04. The molecule has 20 heavy (non-hydrogen) atoms. The van der Waals surface area contributed by atoms with Gasteiger partial charge in [-0.15, -0.1) is 0 Å². The molecule has 0 amide bonds. The van der Waals surface area contributed by atoms with Crippen molar-refractivity contribution in [3.05, 3.63) is 23.9 Å². The maximum absolute atomic E-state index is 5.70. The van der Waals surface area contributed by atoms with Crippen molar-refractivity contribution < 1.29 is 14.2 Å². The summed E-state index contributed by atoms with van der Waals surface area (Å²) in [6.45, 7) is 9.83. The summed E-state index contributed by atoms with van der Waals surface area (Å²) in [6, 6.07) is 4.13. The second kappa shape index (κ2) is 6.52. The van der Waals surface area contributed by atoms with Gasteiger partial charge in [0.05, 0.1) is 25.4 Å². The van der Waals surface area contributed by atoms with Crippen LogP contribution in [0.15, 0.2) is 18.3 Å². The van der Waals surface area contributed by atoms with Crippen LogP contribution in [0.25, 0.3) is 0 Å². The van der Waals surface area contributed by atoms with Crippen LogP contribution in [0.4, 0.5) is 0 Å². The molecule has 0 spiro atoms. The van der Waals surface area contributed by atoms with Gasteiger partial charge in [-0.05, 0) is 33.8 Å². The summed E-state index contributed by atoms with van der Waals surface area (Å²) < 4.78 is 17.0. The standard InChI is InChI=1S/C15H24N2O3/c1-11(2)20-14-12(6-5-7-16-14)8-17-13-9-18-15(3,4)19-10-13/h5-7,11,13,17H,8-10H2,1-4H3. The summed E-state index contributed by atoms with van der Waals surface area (Å²) in [5.41, 5.74) is 1.05. The largest absolute Gasteiger partial charge is 0.475 e. The predicted octanol–water partition coefficient (Wildman–Crippen LogP) is 2.11. The molecular weight excluding hydrogens is 256 g/mol. The van der Waals surface area contributed by atoms with Crippen molar-refractivity contribution in [3.8, 4) is 5.88 Å². The van der Waals surface area contributed by atoms with E-state index < -0.39 is 5.79 Å². The van der Waals surface area contributed by atoms with E-state index in [-0.39, 0.29) is 12.1 Å². The van der Waals surface area contributed by atoms with Crippen LogP contribution in [0.5, 0.6) is 5.88 Å². The molecule has 0 atom stereocenters. The van der Waals surface area contributed by atoms with Gasteiger partial charge in [-0.2, -0.15) is 0 Å². The van der Waals surface area contributed by atoms with E-state index in [2.05, 4.69) is 10.3 Å². The fourth-order valence-corrected chi connectivity index (χ4v) is 1.95. The van der Waals surface area contributed by atoms with Gasteiger partial charge in [-0.25, -0.2) is 4.98 Å². The van der Waals surface area contributed by atoms with E-state index in [9.17, 15) is 0 Å². The summed E-state index contributed by atoms with van der Waals surface area (Å²) in [4.78, 5) is 4.28. The Morgan fingerprint density at radius 1 is 1.40 bits per heavy atom. The number of pyridine rings is 1. The zero-order valence-electron chi connectivity index (χ0n) is 12.7. The van der Waals surface area contributed by atoms with Gasteiger partial charge in [0, 0.05) is 18.3 Å². The molecule has 0 aromatic carbocycles. The highest BCUT2D eigenvalue weighted by Crippen LogP contribution is 2.19. The third-order valence-electron chi connectivity index (χ3n) is 3.04. The fourth-order valence-electron chi connectivity index (χ4n) is 1.95. The summed E-state index contributed by atoms with van der Waals surface area (Å²) in [5.74, 6) is 0.214. The molecule has 0 saturated carbocycles. The lowest BCUT2D eigenvalue weighted by Gasteiger charge is -2.35. The molecule has 5 heteroatoms. The van der Waals surface area contributed by atoms with Gasteiger partial charge in [0.1, 0.15) is 0 Å². The SMILES string of the molecule is CC(C)Oc1ncccc1CNC1COC(C)(C)OC1. The minimum Gasteiger partial charge on any atom is -0.475 e. The Kier molecular flexibility index (Phi) is 4.96. The van der Waals surface area contributed by atoms with Crippen LogP contribution in [0, 0.1) is 0 Å². The Morgan fingerprint density at radius 2 is 2.10 bits per heavy atom. The minimum absolute atomic E-state index is 0.116. The first-order valence-electron chi connectivity index (χ1n) is 7.08. The van der Waals surface area contributed by atoms with Crippen LogP contribution in [0.2, 0.25) is 0 Å². The number of hydrogen-bond donors (Lipinski definition) is 1. The average Bonchev–Trinajstić information content (AvgIpc) is 2.38. The van der Waals surface area contributed by atoms with E-state index in [1.54, 1.807) is 6.20 Å².